The first-order valence-electron chi connectivity index (χ1n) is 9.96. The fraction of sp³-hybridized carbons (Fsp3) is 0.304. The van der Waals surface area contributed by atoms with Crippen LogP contribution in [0.15, 0.2) is 60.2 Å². The van der Waals surface area contributed by atoms with Crippen LogP contribution in [0.25, 0.3) is 5.76 Å². The SMILES string of the molecule is O=C1C(=O)N(CCN2CCOCC2)C(c2ccccc2Cl)C1=C(O)c1ccccc1. The fourth-order valence-electron chi connectivity index (χ4n) is 3.96. The molecule has 0 bridgehead atoms. The van der Waals surface area contributed by atoms with E-state index in [9.17, 15) is 14.7 Å². The highest BCUT2D eigenvalue weighted by atomic mass is 35.5. The molecule has 1 amide bonds. The lowest BCUT2D eigenvalue weighted by molar-refractivity contribution is -0.140. The standard InChI is InChI=1S/C23H23ClN2O4/c24-18-9-5-4-8-17(18)20-19(21(27)16-6-2-1-3-7-16)22(28)23(29)26(20)11-10-25-12-14-30-15-13-25/h1-9,20,27H,10-15H2. The van der Waals surface area contributed by atoms with E-state index in [4.69, 9.17) is 16.3 Å². The van der Waals surface area contributed by atoms with E-state index in [1.165, 1.54) is 4.90 Å². The van der Waals surface area contributed by atoms with Crippen LogP contribution in [-0.2, 0) is 14.3 Å². The van der Waals surface area contributed by atoms with Crippen molar-refractivity contribution in [2.24, 2.45) is 0 Å². The predicted octanol–water partition coefficient (Wildman–Crippen LogP) is 3.09. The summed E-state index contributed by atoms with van der Waals surface area (Å²) in [5.41, 5.74) is 1.18. The summed E-state index contributed by atoms with van der Waals surface area (Å²) in [4.78, 5) is 29.7. The molecule has 2 saturated heterocycles. The summed E-state index contributed by atoms with van der Waals surface area (Å²) in [6.07, 6.45) is 0. The summed E-state index contributed by atoms with van der Waals surface area (Å²) in [5, 5.41) is 11.4. The number of benzene rings is 2. The summed E-state index contributed by atoms with van der Waals surface area (Å²) in [6, 6.07) is 15.2. The Labute approximate surface area is 180 Å². The van der Waals surface area contributed by atoms with E-state index in [-0.39, 0.29) is 11.3 Å². The summed E-state index contributed by atoms with van der Waals surface area (Å²) < 4.78 is 5.38. The Kier molecular flexibility index (Phi) is 6.18. The van der Waals surface area contributed by atoms with Gasteiger partial charge in [-0.3, -0.25) is 14.5 Å². The minimum atomic E-state index is -0.736. The molecule has 30 heavy (non-hydrogen) atoms. The maximum absolute atomic E-state index is 13.0. The van der Waals surface area contributed by atoms with Gasteiger partial charge >= 0.3 is 0 Å². The number of carbonyl (C=O) groups excluding carboxylic acids is 2. The molecule has 2 aliphatic rings. The molecule has 2 aliphatic heterocycles. The third-order valence-corrected chi connectivity index (χ3v) is 5.89. The molecule has 1 atom stereocenters. The molecular formula is C23H23ClN2O4. The zero-order valence-electron chi connectivity index (χ0n) is 16.5. The Morgan fingerprint density at radius 3 is 2.37 bits per heavy atom. The summed E-state index contributed by atoms with van der Waals surface area (Å²) in [5.74, 6) is -1.50. The van der Waals surface area contributed by atoms with Crippen LogP contribution in [0.3, 0.4) is 0 Å². The number of aliphatic hydroxyl groups is 1. The van der Waals surface area contributed by atoms with Gasteiger partial charge in [0.2, 0.25) is 0 Å². The van der Waals surface area contributed by atoms with E-state index in [1.54, 1.807) is 42.5 Å². The molecule has 2 aromatic carbocycles. The van der Waals surface area contributed by atoms with Crippen molar-refractivity contribution in [3.63, 3.8) is 0 Å². The highest BCUT2D eigenvalue weighted by Crippen LogP contribution is 2.41. The predicted molar refractivity (Wildman–Crippen MR) is 114 cm³/mol. The third kappa shape index (κ3) is 3.99. The van der Waals surface area contributed by atoms with Gasteiger partial charge in [-0.25, -0.2) is 0 Å². The van der Waals surface area contributed by atoms with Crippen LogP contribution >= 0.6 is 11.6 Å². The number of likely N-dealkylation sites (tertiary alicyclic amines) is 1. The number of carbonyl (C=O) groups is 2. The van der Waals surface area contributed by atoms with Gasteiger partial charge in [0.05, 0.1) is 24.8 Å². The normalized spacial score (nSPS) is 21.9. The second kappa shape index (κ2) is 9.00. The van der Waals surface area contributed by atoms with Gasteiger partial charge in [-0.2, -0.15) is 0 Å². The molecule has 0 spiro atoms. The van der Waals surface area contributed by atoms with Crippen molar-refractivity contribution in [2.45, 2.75) is 6.04 Å². The molecule has 0 radical (unpaired) electrons. The molecular weight excluding hydrogens is 404 g/mol. The highest BCUT2D eigenvalue weighted by Gasteiger charge is 2.46. The van der Waals surface area contributed by atoms with Crippen molar-refractivity contribution in [1.82, 2.24) is 9.80 Å². The van der Waals surface area contributed by atoms with Crippen LogP contribution in [0.1, 0.15) is 17.2 Å². The van der Waals surface area contributed by atoms with E-state index in [2.05, 4.69) is 4.90 Å². The Balaban J connectivity index is 1.74. The number of hydrogen-bond donors (Lipinski definition) is 1. The Bertz CT molecular complexity index is 970. The molecule has 7 heteroatoms. The monoisotopic (exact) mass is 426 g/mol. The number of halogens is 1. The molecule has 0 aliphatic carbocycles. The Morgan fingerprint density at radius 1 is 1.00 bits per heavy atom. The van der Waals surface area contributed by atoms with Gasteiger partial charge in [0.1, 0.15) is 5.76 Å². The molecule has 1 unspecified atom stereocenters. The molecule has 1 N–H and O–H groups in total. The van der Waals surface area contributed by atoms with Gasteiger partial charge in [0.25, 0.3) is 11.7 Å². The van der Waals surface area contributed by atoms with E-state index < -0.39 is 17.7 Å². The number of rotatable bonds is 5. The van der Waals surface area contributed by atoms with Gasteiger partial charge in [-0.1, -0.05) is 60.1 Å². The number of ketones is 1. The second-order valence-corrected chi connectivity index (χ2v) is 7.74. The van der Waals surface area contributed by atoms with Crippen LogP contribution < -0.4 is 0 Å². The van der Waals surface area contributed by atoms with Crippen molar-refractivity contribution in [3.8, 4) is 0 Å². The molecule has 0 aromatic heterocycles. The number of morpholine rings is 1. The smallest absolute Gasteiger partial charge is 0.295 e. The Morgan fingerprint density at radius 2 is 1.67 bits per heavy atom. The van der Waals surface area contributed by atoms with Crippen molar-refractivity contribution in [2.75, 3.05) is 39.4 Å². The quantitative estimate of drug-likeness (QED) is 0.452. The van der Waals surface area contributed by atoms with Crippen molar-refractivity contribution in [1.29, 1.82) is 0 Å². The van der Waals surface area contributed by atoms with E-state index in [1.807, 2.05) is 12.1 Å². The van der Waals surface area contributed by atoms with Crippen molar-refractivity contribution in [3.05, 3.63) is 76.3 Å². The van der Waals surface area contributed by atoms with E-state index in [0.29, 0.717) is 42.5 Å². The maximum Gasteiger partial charge on any atom is 0.295 e. The second-order valence-electron chi connectivity index (χ2n) is 7.33. The molecule has 2 fully saturated rings. The van der Waals surface area contributed by atoms with Gasteiger partial charge < -0.3 is 14.7 Å². The van der Waals surface area contributed by atoms with Gasteiger partial charge in [0, 0.05) is 36.8 Å². The first-order valence-corrected chi connectivity index (χ1v) is 10.3. The van der Waals surface area contributed by atoms with Crippen molar-refractivity contribution >= 4 is 29.1 Å². The topological polar surface area (TPSA) is 70.1 Å². The zero-order valence-corrected chi connectivity index (χ0v) is 17.2. The van der Waals surface area contributed by atoms with Gasteiger partial charge in [-0.15, -0.1) is 0 Å². The molecule has 0 saturated carbocycles. The summed E-state index contributed by atoms with van der Waals surface area (Å²) in [6.45, 7) is 3.84. The number of amides is 1. The van der Waals surface area contributed by atoms with Crippen LogP contribution in [-0.4, -0.2) is 66.0 Å². The fourth-order valence-corrected chi connectivity index (χ4v) is 4.20. The van der Waals surface area contributed by atoms with E-state index in [0.717, 1.165) is 13.1 Å². The van der Waals surface area contributed by atoms with Crippen LogP contribution in [0, 0.1) is 0 Å². The highest BCUT2D eigenvalue weighted by molar-refractivity contribution is 6.47. The zero-order chi connectivity index (χ0) is 21.1. The third-order valence-electron chi connectivity index (χ3n) is 5.55. The summed E-state index contributed by atoms with van der Waals surface area (Å²) >= 11 is 6.45. The minimum absolute atomic E-state index is 0.0706. The molecule has 2 aromatic rings. The lowest BCUT2D eigenvalue weighted by atomic mass is 9.95. The number of aliphatic hydroxyl groups excluding tert-OH is 1. The van der Waals surface area contributed by atoms with Crippen LogP contribution in [0.5, 0.6) is 0 Å². The lowest BCUT2D eigenvalue weighted by Crippen LogP contribution is -2.42. The maximum atomic E-state index is 13.0. The largest absolute Gasteiger partial charge is 0.507 e. The van der Waals surface area contributed by atoms with Crippen LogP contribution in [0.4, 0.5) is 0 Å². The number of nitrogens with zero attached hydrogens (tertiary/aromatic N) is 2. The summed E-state index contributed by atoms with van der Waals surface area (Å²) in [7, 11) is 0. The minimum Gasteiger partial charge on any atom is -0.507 e. The average Bonchev–Trinajstić information content (AvgIpc) is 3.03. The van der Waals surface area contributed by atoms with Crippen molar-refractivity contribution < 1.29 is 19.4 Å². The number of hydrogen-bond acceptors (Lipinski definition) is 5. The average molecular weight is 427 g/mol. The first kappa shape index (κ1) is 20.6. The molecule has 156 valence electrons. The molecule has 4 rings (SSSR count). The van der Waals surface area contributed by atoms with Crippen LogP contribution in [0.2, 0.25) is 5.02 Å². The molecule has 2 heterocycles. The van der Waals surface area contributed by atoms with E-state index >= 15 is 0 Å². The Hall–Kier alpha value is -2.67. The van der Waals surface area contributed by atoms with Gasteiger partial charge in [-0.05, 0) is 11.6 Å². The number of ether oxygens (including phenoxy) is 1. The lowest BCUT2D eigenvalue weighted by Gasteiger charge is -2.31. The molecule has 6 nitrogen and oxygen atoms in total. The van der Waals surface area contributed by atoms with Gasteiger partial charge in [0.15, 0.2) is 0 Å². The number of Topliss-reactive ketones (excluding diaryl/α,β-unsaturated/α-hetero) is 1. The first-order chi connectivity index (χ1) is 14.6.